The normalized spacial score (nSPS) is 10.4. The number of sulfonamides is 1. The molecule has 0 saturated carbocycles. The Morgan fingerprint density at radius 3 is 2.53 bits per heavy atom. The summed E-state index contributed by atoms with van der Waals surface area (Å²) in [6.07, 6.45) is 0. The van der Waals surface area contributed by atoms with Crippen LogP contribution in [0.25, 0.3) is 0 Å². The van der Waals surface area contributed by atoms with Crippen LogP contribution < -0.4 is 9.46 Å². The van der Waals surface area contributed by atoms with Crippen LogP contribution in [0.4, 0.5) is 0 Å². The average molecular weight is 283 g/mol. The predicted molar refractivity (Wildman–Crippen MR) is 68.2 cm³/mol. The number of carbonyl (C=O) groups is 1. The third-order valence-corrected chi connectivity index (χ3v) is 3.45. The first kappa shape index (κ1) is 15.0. The van der Waals surface area contributed by atoms with E-state index >= 15 is 0 Å². The standard InChI is InChI=1S/C12H13NO5S/c1-2-3-8-18-10-4-6-11(7-5-10)19(16,17)13-9-12(14)15/h4-7,13H,8-9H2,1H3,(H,14,15). The van der Waals surface area contributed by atoms with E-state index in [0.29, 0.717) is 5.75 Å². The van der Waals surface area contributed by atoms with Crippen molar-refractivity contribution in [3.8, 4) is 17.6 Å². The van der Waals surface area contributed by atoms with E-state index < -0.39 is 22.5 Å². The van der Waals surface area contributed by atoms with Crippen LogP contribution in [0.5, 0.6) is 5.75 Å². The zero-order valence-electron chi connectivity index (χ0n) is 10.2. The molecule has 0 aliphatic carbocycles. The van der Waals surface area contributed by atoms with Crippen molar-refractivity contribution in [1.29, 1.82) is 0 Å². The Kier molecular flexibility index (Phi) is 5.36. The minimum atomic E-state index is -3.81. The summed E-state index contributed by atoms with van der Waals surface area (Å²) in [4.78, 5) is 10.3. The van der Waals surface area contributed by atoms with Crippen LogP contribution in [0, 0.1) is 11.8 Å². The molecular formula is C12H13NO5S. The number of aliphatic carboxylic acids is 1. The molecule has 0 aromatic heterocycles. The Labute approximate surface area is 111 Å². The molecule has 1 aromatic rings. The van der Waals surface area contributed by atoms with Gasteiger partial charge < -0.3 is 9.84 Å². The highest BCUT2D eigenvalue weighted by Gasteiger charge is 2.14. The van der Waals surface area contributed by atoms with Crippen molar-refractivity contribution in [1.82, 2.24) is 4.72 Å². The maximum Gasteiger partial charge on any atom is 0.318 e. The summed E-state index contributed by atoms with van der Waals surface area (Å²) in [6.45, 7) is 1.25. The van der Waals surface area contributed by atoms with E-state index in [0.717, 1.165) is 0 Å². The van der Waals surface area contributed by atoms with Crippen LogP contribution in [-0.4, -0.2) is 32.6 Å². The van der Waals surface area contributed by atoms with Gasteiger partial charge in [0.2, 0.25) is 10.0 Å². The monoisotopic (exact) mass is 283 g/mol. The molecule has 19 heavy (non-hydrogen) atoms. The second-order valence-electron chi connectivity index (χ2n) is 3.41. The second kappa shape index (κ2) is 6.78. The fourth-order valence-electron chi connectivity index (χ4n) is 1.15. The average Bonchev–Trinajstić information content (AvgIpc) is 2.37. The largest absolute Gasteiger partial charge is 0.481 e. The van der Waals surface area contributed by atoms with Gasteiger partial charge in [-0.25, -0.2) is 8.42 Å². The maximum atomic E-state index is 11.7. The lowest BCUT2D eigenvalue weighted by Gasteiger charge is -2.06. The third-order valence-electron chi connectivity index (χ3n) is 2.04. The van der Waals surface area contributed by atoms with E-state index in [4.69, 9.17) is 9.84 Å². The molecule has 1 rings (SSSR count). The lowest BCUT2D eigenvalue weighted by Crippen LogP contribution is -2.29. The number of rotatable bonds is 6. The highest BCUT2D eigenvalue weighted by atomic mass is 32.2. The predicted octanol–water partition coefficient (Wildman–Crippen LogP) is 0.452. The number of hydrogen-bond acceptors (Lipinski definition) is 4. The summed E-state index contributed by atoms with van der Waals surface area (Å²) in [6, 6.07) is 5.62. The molecule has 0 spiro atoms. The molecule has 0 aliphatic rings. The van der Waals surface area contributed by atoms with Gasteiger partial charge in [0, 0.05) is 0 Å². The topological polar surface area (TPSA) is 92.7 Å². The Morgan fingerprint density at radius 2 is 2.00 bits per heavy atom. The van der Waals surface area contributed by atoms with Gasteiger partial charge >= 0.3 is 5.97 Å². The molecule has 0 radical (unpaired) electrons. The van der Waals surface area contributed by atoms with Gasteiger partial charge in [0.1, 0.15) is 18.9 Å². The SMILES string of the molecule is CC#CCOc1ccc(S(=O)(=O)NCC(=O)O)cc1. The quantitative estimate of drug-likeness (QED) is 0.739. The molecule has 102 valence electrons. The van der Waals surface area contributed by atoms with Gasteiger partial charge in [0.25, 0.3) is 0 Å². The third kappa shape index (κ3) is 4.99. The second-order valence-corrected chi connectivity index (χ2v) is 5.17. The van der Waals surface area contributed by atoms with Crippen molar-refractivity contribution in [2.45, 2.75) is 11.8 Å². The fraction of sp³-hybridized carbons (Fsp3) is 0.250. The lowest BCUT2D eigenvalue weighted by molar-refractivity contribution is -0.135. The van der Waals surface area contributed by atoms with Crippen molar-refractivity contribution in [3.63, 3.8) is 0 Å². The minimum absolute atomic E-state index is 0.0253. The molecule has 0 fully saturated rings. The van der Waals surface area contributed by atoms with Gasteiger partial charge in [-0.2, -0.15) is 4.72 Å². The van der Waals surface area contributed by atoms with Crippen molar-refractivity contribution < 1.29 is 23.1 Å². The lowest BCUT2D eigenvalue weighted by atomic mass is 10.3. The zero-order chi connectivity index (χ0) is 14.3. The van der Waals surface area contributed by atoms with Crippen molar-refractivity contribution in [3.05, 3.63) is 24.3 Å². The van der Waals surface area contributed by atoms with Crippen LogP contribution in [0.1, 0.15) is 6.92 Å². The molecule has 0 unspecified atom stereocenters. The van der Waals surface area contributed by atoms with Gasteiger partial charge in [-0.3, -0.25) is 4.79 Å². The van der Waals surface area contributed by atoms with Gasteiger partial charge in [-0.1, -0.05) is 5.92 Å². The molecule has 0 amide bonds. The molecule has 6 nitrogen and oxygen atoms in total. The minimum Gasteiger partial charge on any atom is -0.481 e. The van der Waals surface area contributed by atoms with E-state index in [1.54, 1.807) is 6.92 Å². The number of benzene rings is 1. The van der Waals surface area contributed by atoms with Crippen molar-refractivity contribution >= 4 is 16.0 Å². The summed E-state index contributed by atoms with van der Waals surface area (Å²) < 4.78 is 30.5. The van der Waals surface area contributed by atoms with Crippen LogP contribution in [0.3, 0.4) is 0 Å². The first-order valence-corrected chi connectivity index (χ1v) is 6.78. The molecule has 7 heteroatoms. The summed E-state index contributed by atoms with van der Waals surface area (Å²) in [5.41, 5.74) is 0. The Balaban J connectivity index is 2.73. The van der Waals surface area contributed by atoms with E-state index in [-0.39, 0.29) is 11.5 Å². The number of carboxylic acid groups (broad SMARTS) is 1. The van der Waals surface area contributed by atoms with Crippen LogP contribution in [-0.2, 0) is 14.8 Å². The molecule has 0 heterocycles. The maximum absolute atomic E-state index is 11.7. The number of hydrogen-bond donors (Lipinski definition) is 2. The first-order chi connectivity index (χ1) is 8.95. The van der Waals surface area contributed by atoms with E-state index in [1.807, 2.05) is 4.72 Å². The number of carboxylic acids is 1. The molecule has 0 saturated heterocycles. The van der Waals surface area contributed by atoms with E-state index in [2.05, 4.69) is 11.8 Å². The summed E-state index contributed by atoms with van der Waals surface area (Å²) in [5, 5.41) is 8.43. The Morgan fingerprint density at radius 1 is 1.37 bits per heavy atom. The van der Waals surface area contributed by atoms with Crippen molar-refractivity contribution in [2.75, 3.05) is 13.2 Å². The van der Waals surface area contributed by atoms with Gasteiger partial charge in [0.05, 0.1) is 4.90 Å². The fourth-order valence-corrected chi connectivity index (χ4v) is 2.12. The molecule has 1 aromatic carbocycles. The highest BCUT2D eigenvalue weighted by Crippen LogP contribution is 2.15. The van der Waals surface area contributed by atoms with Crippen LogP contribution in [0.2, 0.25) is 0 Å². The van der Waals surface area contributed by atoms with Crippen LogP contribution in [0.15, 0.2) is 29.2 Å². The van der Waals surface area contributed by atoms with Gasteiger partial charge in [0.15, 0.2) is 0 Å². The van der Waals surface area contributed by atoms with Gasteiger partial charge in [-0.05, 0) is 31.2 Å². The molecule has 2 N–H and O–H groups in total. The summed E-state index contributed by atoms with van der Waals surface area (Å²) >= 11 is 0. The molecule has 0 bridgehead atoms. The smallest absolute Gasteiger partial charge is 0.318 e. The van der Waals surface area contributed by atoms with E-state index in [1.165, 1.54) is 24.3 Å². The first-order valence-electron chi connectivity index (χ1n) is 5.29. The van der Waals surface area contributed by atoms with Gasteiger partial charge in [-0.15, -0.1) is 5.92 Å². The van der Waals surface area contributed by atoms with Crippen molar-refractivity contribution in [2.24, 2.45) is 0 Å². The molecule has 0 atom stereocenters. The summed E-state index contributed by atoms with van der Waals surface area (Å²) in [5.74, 6) is 4.61. The van der Waals surface area contributed by atoms with E-state index in [9.17, 15) is 13.2 Å². The van der Waals surface area contributed by atoms with Crippen LogP contribution >= 0.6 is 0 Å². The molecule has 0 aliphatic heterocycles. The summed E-state index contributed by atoms with van der Waals surface area (Å²) in [7, 11) is -3.81. The Bertz CT molecular complexity index is 595. The zero-order valence-corrected chi connectivity index (χ0v) is 11.0. The molecular weight excluding hydrogens is 270 g/mol. The highest BCUT2D eigenvalue weighted by molar-refractivity contribution is 7.89. The number of nitrogens with one attached hydrogen (secondary N) is 1. The number of ether oxygens (including phenoxy) is 1. The Hall–Kier alpha value is -2.04.